The number of benzene rings is 3. The fourth-order valence-corrected chi connectivity index (χ4v) is 6.87. The highest BCUT2D eigenvalue weighted by Crippen LogP contribution is 2.43. The third-order valence-corrected chi connectivity index (χ3v) is 8.85. The molecule has 2 aliphatic rings. The smallest absolute Gasteiger partial charge is 0.273 e. The average Bonchev–Trinajstić information content (AvgIpc) is 3.63. The lowest BCUT2D eigenvalue weighted by molar-refractivity contribution is -0.384. The van der Waals surface area contributed by atoms with Crippen LogP contribution in [-0.4, -0.2) is 23.7 Å². The van der Waals surface area contributed by atoms with Gasteiger partial charge in [-0.05, 0) is 48.2 Å². The number of non-ortho nitro benzene ring substituents is 1. The molecule has 0 spiro atoms. The van der Waals surface area contributed by atoms with Crippen LogP contribution in [0.25, 0.3) is 23.1 Å². The fraction of sp³-hybridized carbons (Fsp3) is 0.152. The first-order chi connectivity index (χ1) is 21.0. The number of fused-ring (bicyclic) bond motifs is 3. The van der Waals surface area contributed by atoms with Gasteiger partial charge in [-0.3, -0.25) is 19.5 Å². The predicted molar refractivity (Wildman–Crippen MR) is 163 cm³/mol. The van der Waals surface area contributed by atoms with Crippen molar-refractivity contribution >= 4 is 28.8 Å². The number of rotatable bonds is 6. The Labute approximate surface area is 249 Å². The lowest BCUT2D eigenvalue weighted by atomic mass is 9.83. The van der Waals surface area contributed by atoms with Crippen molar-refractivity contribution in [3.8, 4) is 22.8 Å². The van der Waals surface area contributed by atoms with Crippen LogP contribution in [0.1, 0.15) is 34.9 Å². The minimum Gasteiger partial charge on any atom is -0.496 e. The van der Waals surface area contributed by atoms with Crippen LogP contribution in [-0.2, 0) is 6.42 Å². The van der Waals surface area contributed by atoms with E-state index in [1.165, 1.54) is 36.1 Å². The summed E-state index contributed by atoms with van der Waals surface area (Å²) in [7, 11) is 3.09. The van der Waals surface area contributed by atoms with Gasteiger partial charge in [0, 0.05) is 23.3 Å². The van der Waals surface area contributed by atoms with Crippen LogP contribution in [0.4, 0.5) is 5.69 Å². The second-order valence-corrected chi connectivity index (χ2v) is 11.2. The molecule has 43 heavy (non-hydrogen) atoms. The Bertz CT molecular complexity index is 2140. The number of aryl methyl sites for hydroxylation is 1. The first-order valence-electron chi connectivity index (χ1n) is 13.7. The van der Waals surface area contributed by atoms with Crippen LogP contribution in [0, 0.1) is 10.1 Å². The molecule has 7 rings (SSSR count). The first kappa shape index (κ1) is 26.7. The quantitative estimate of drug-likeness (QED) is 0.191. The fourth-order valence-electron chi connectivity index (χ4n) is 5.89. The van der Waals surface area contributed by atoms with E-state index in [4.69, 9.17) is 18.9 Å². The molecule has 1 aliphatic heterocycles. The number of allylic oxidation sites excluding steroid dienone is 1. The molecular formula is C33H25N3O6S. The third kappa shape index (κ3) is 4.47. The second-order valence-electron chi connectivity index (χ2n) is 10.2. The number of nitrogens with zero attached hydrogens (tertiary/aromatic N) is 3. The van der Waals surface area contributed by atoms with E-state index in [2.05, 4.69) is 12.1 Å². The Hall–Kier alpha value is -5.22. The minimum atomic E-state index is -0.478. The number of thiazole rings is 1. The van der Waals surface area contributed by atoms with Gasteiger partial charge in [0.15, 0.2) is 4.80 Å². The Balaban J connectivity index is 1.38. The number of nitro benzene ring substituents is 1. The van der Waals surface area contributed by atoms with E-state index < -0.39 is 4.92 Å². The van der Waals surface area contributed by atoms with Crippen molar-refractivity contribution in [3.05, 3.63) is 137 Å². The van der Waals surface area contributed by atoms with Gasteiger partial charge >= 0.3 is 0 Å². The van der Waals surface area contributed by atoms with Gasteiger partial charge in [-0.15, -0.1) is 0 Å². The highest BCUT2D eigenvalue weighted by molar-refractivity contribution is 7.07. The van der Waals surface area contributed by atoms with Crippen molar-refractivity contribution in [3.63, 3.8) is 0 Å². The van der Waals surface area contributed by atoms with Gasteiger partial charge in [-0.25, -0.2) is 4.99 Å². The molecule has 0 bridgehead atoms. The monoisotopic (exact) mass is 591 g/mol. The first-order valence-corrected chi connectivity index (χ1v) is 14.5. The van der Waals surface area contributed by atoms with E-state index in [1.807, 2.05) is 36.4 Å². The average molecular weight is 592 g/mol. The second kappa shape index (κ2) is 10.6. The van der Waals surface area contributed by atoms with Gasteiger partial charge < -0.3 is 13.9 Å². The van der Waals surface area contributed by atoms with Gasteiger partial charge in [0.05, 0.1) is 47.0 Å². The van der Waals surface area contributed by atoms with Crippen LogP contribution in [0.2, 0.25) is 0 Å². The predicted octanol–water partition coefficient (Wildman–Crippen LogP) is 5.50. The van der Waals surface area contributed by atoms with Gasteiger partial charge in [0.1, 0.15) is 23.0 Å². The number of nitro groups is 1. The van der Waals surface area contributed by atoms with Crippen molar-refractivity contribution in [2.45, 2.75) is 18.9 Å². The summed E-state index contributed by atoms with van der Waals surface area (Å²) in [5.41, 5.74) is 5.56. The van der Waals surface area contributed by atoms with E-state index in [0.29, 0.717) is 37.9 Å². The summed E-state index contributed by atoms with van der Waals surface area (Å²) >= 11 is 1.31. The van der Waals surface area contributed by atoms with E-state index in [9.17, 15) is 14.9 Å². The molecule has 3 heterocycles. The molecule has 0 saturated carbocycles. The van der Waals surface area contributed by atoms with Crippen LogP contribution in [0.3, 0.4) is 0 Å². The largest absolute Gasteiger partial charge is 0.496 e. The lowest BCUT2D eigenvalue weighted by Crippen LogP contribution is -2.38. The van der Waals surface area contributed by atoms with E-state index in [1.54, 1.807) is 36.0 Å². The third-order valence-electron chi connectivity index (χ3n) is 7.87. The summed E-state index contributed by atoms with van der Waals surface area (Å²) in [6, 6.07) is 23.6. The Morgan fingerprint density at radius 3 is 2.58 bits per heavy atom. The Morgan fingerprint density at radius 2 is 1.77 bits per heavy atom. The molecule has 2 aromatic heterocycles. The molecule has 0 unspecified atom stereocenters. The standard InChI is InChI=1S/C33H25N3O6S/c1-40-26-10-6-5-9-24(26)31-25-14-11-19-7-3-4-8-22(19)30(25)34-33-35(31)32(37)29(43-33)18-21-13-16-27(42-21)23-15-12-20(36(38)39)17-28(23)41-2/h3-10,12-13,15-18,31H,11,14H2,1-2H3/b29-18+/t31-/m0/s1. The SMILES string of the molecule is COc1cc([N+](=O)[O-])ccc1-c1ccc(/C=c2/sc3n(c2=O)[C@@H](c2ccccc2OC)C2=C(N=3)c3ccccc3CC2)o1. The highest BCUT2D eigenvalue weighted by atomic mass is 32.1. The van der Waals surface area contributed by atoms with Gasteiger partial charge in [0.25, 0.3) is 11.2 Å². The number of hydrogen-bond donors (Lipinski definition) is 0. The van der Waals surface area contributed by atoms with E-state index >= 15 is 0 Å². The van der Waals surface area contributed by atoms with Crippen molar-refractivity contribution in [1.82, 2.24) is 4.57 Å². The number of para-hydroxylation sites is 1. The van der Waals surface area contributed by atoms with Crippen molar-refractivity contribution < 1.29 is 18.8 Å². The molecular weight excluding hydrogens is 566 g/mol. The van der Waals surface area contributed by atoms with E-state index in [0.717, 1.165) is 35.2 Å². The summed E-state index contributed by atoms with van der Waals surface area (Å²) in [6.45, 7) is 0. The number of aromatic nitrogens is 1. The number of ether oxygens (including phenoxy) is 2. The molecule has 3 aromatic carbocycles. The molecule has 0 N–H and O–H groups in total. The molecule has 1 aliphatic carbocycles. The zero-order valence-corrected chi connectivity index (χ0v) is 24.1. The molecule has 0 saturated heterocycles. The maximum Gasteiger partial charge on any atom is 0.273 e. The molecule has 5 aromatic rings. The molecule has 9 nitrogen and oxygen atoms in total. The van der Waals surface area contributed by atoms with Crippen LogP contribution < -0.4 is 24.4 Å². The Morgan fingerprint density at radius 1 is 0.977 bits per heavy atom. The van der Waals surface area contributed by atoms with Crippen molar-refractivity contribution in [1.29, 1.82) is 0 Å². The molecule has 10 heteroatoms. The summed E-state index contributed by atoms with van der Waals surface area (Å²) in [4.78, 5) is 30.5. The van der Waals surface area contributed by atoms with Gasteiger partial charge in [0.2, 0.25) is 0 Å². The molecule has 0 fully saturated rings. The van der Waals surface area contributed by atoms with Crippen molar-refractivity contribution in [2.24, 2.45) is 4.99 Å². The molecule has 1 atom stereocenters. The number of furan rings is 1. The van der Waals surface area contributed by atoms with Crippen molar-refractivity contribution in [2.75, 3.05) is 14.2 Å². The van der Waals surface area contributed by atoms with Crippen LogP contribution in [0.15, 0.2) is 98.6 Å². The molecule has 214 valence electrons. The number of hydrogen-bond acceptors (Lipinski definition) is 8. The topological polar surface area (TPSA) is 109 Å². The Kier molecular flexibility index (Phi) is 6.55. The zero-order chi connectivity index (χ0) is 29.7. The normalized spacial score (nSPS) is 15.8. The van der Waals surface area contributed by atoms with Crippen LogP contribution >= 0.6 is 11.3 Å². The van der Waals surface area contributed by atoms with Crippen LogP contribution in [0.5, 0.6) is 11.5 Å². The maximum atomic E-state index is 14.1. The summed E-state index contributed by atoms with van der Waals surface area (Å²) < 4.78 is 19.5. The van der Waals surface area contributed by atoms with Gasteiger partial charge in [-0.2, -0.15) is 0 Å². The zero-order valence-electron chi connectivity index (χ0n) is 23.3. The minimum absolute atomic E-state index is 0.0802. The molecule has 0 radical (unpaired) electrons. The summed E-state index contributed by atoms with van der Waals surface area (Å²) in [5, 5.41) is 11.2. The van der Waals surface area contributed by atoms with Gasteiger partial charge in [-0.1, -0.05) is 53.8 Å². The maximum absolute atomic E-state index is 14.1. The number of methoxy groups -OCH3 is 2. The summed E-state index contributed by atoms with van der Waals surface area (Å²) in [6.07, 6.45) is 3.35. The molecule has 0 amide bonds. The van der Waals surface area contributed by atoms with E-state index in [-0.39, 0.29) is 17.3 Å². The highest BCUT2D eigenvalue weighted by Gasteiger charge is 2.34. The summed E-state index contributed by atoms with van der Waals surface area (Å²) in [5.74, 6) is 1.95. The lowest BCUT2D eigenvalue weighted by Gasteiger charge is -2.31.